The molecular weight excluding hydrogens is 449 g/mol. The van der Waals surface area contributed by atoms with Crippen LogP contribution in [0.5, 0.6) is 0 Å². The fourth-order valence-corrected chi connectivity index (χ4v) is 4.13. The summed E-state index contributed by atoms with van der Waals surface area (Å²) >= 11 is 1.51. The summed E-state index contributed by atoms with van der Waals surface area (Å²) in [5.74, 6) is 1.99. The number of aryl methyl sites for hydroxylation is 2. The van der Waals surface area contributed by atoms with E-state index in [1.54, 1.807) is 23.4 Å². The van der Waals surface area contributed by atoms with Crippen molar-refractivity contribution < 1.29 is 4.39 Å². The summed E-state index contributed by atoms with van der Waals surface area (Å²) in [5, 5.41) is 10.7. The summed E-state index contributed by atoms with van der Waals surface area (Å²) in [6.45, 7) is 10.1. The Morgan fingerprint density at radius 1 is 1.32 bits per heavy atom. The van der Waals surface area contributed by atoms with E-state index in [1.807, 2.05) is 57.0 Å². The number of aliphatic imine (C=N–C) groups is 1. The minimum atomic E-state index is -0.286. The molecule has 3 aromatic rings. The SMILES string of the molecule is C=C(/C(=C(\N=C(/C)N(C)c1ccc(SC)cc1F)Nc1cc(C)[nH]n1)C1CC1)n1cnc(C)c1. The van der Waals surface area contributed by atoms with Gasteiger partial charge in [-0.1, -0.05) is 6.58 Å². The number of benzene rings is 1. The van der Waals surface area contributed by atoms with Gasteiger partial charge in [0.2, 0.25) is 0 Å². The van der Waals surface area contributed by atoms with E-state index in [0.717, 1.165) is 40.4 Å². The molecule has 2 N–H and O–H groups in total. The molecule has 178 valence electrons. The van der Waals surface area contributed by atoms with Crippen molar-refractivity contribution in [1.82, 2.24) is 19.7 Å². The van der Waals surface area contributed by atoms with Gasteiger partial charge < -0.3 is 14.8 Å². The van der Waals surface area contributed by atoms with E-state index in [4.69, 9.17) is 4.99 Å². The lowest BCUT2D eigenvalue weighted by Crippen LogP contribution is -2.25. The van der Waals surface area contributed by atoms with Gasteiger partial charge in [0.15, 0.2) is 5.82 Å². The highest BCUT2D eigenvalue weighted by Crippen LogP contribution is 2.43. The van der Waals surface area contributed by atoms with Crippen molar-refractivity contribution >= 4 is 34.8 Å². The molecule has 1 aromatic carbocycles. The van der Waals surface area contributed by atoms with Crippen LogP contribution in [0.25, 0.3) is 5.70 Å². The van der Waals surface area contributed by atoms with Crippen LogP contribution in [0.2, 0.25) is 0 Å². The van der Waals surface area contributed by atoms with E-state index in [0.29, 0.717) is 29.1 Å². The van der Waals surface area contributed by atoms with Crippen molar-refractivity contribution in [3.63, 3.8) is 0 Å². The van der Waals surface area contributed by atoms with Gasteiger partial charge in [-0.3, -0.25) is 5.10 Å². The standard InChI is InChI=1S/C25H30FN7S/c1-15-11-23(31-30-15)29-25(24(19-7-8-19)17(3)33-13-16(2)27-14-33)28-18(4)32(5)22-10-9-20(34-6)12-21(22)26/h9-14,19H,3,7-8H2,1-2,4-6H3,(H2,29,30,31)/b25-24-,28-18+. The van der Waals surface area contributed by atoms with Crippen LogP contribution in [0.15, 0.2) is 64.7 Å². The fraction of sp³-hybridized carbons (Fsp3) is 0.320. The van der Waals surface area contributed by atoms with Crippen LogP contribution in [0, 0.1) is 25.6 Å². The molecule has 4 rings (SSSR count). The maximum Gasteiger partial charge on any atom is 0.153 e. The Bertz CT molecular complexity index is 1270. The van der Waals surface area contributed by atoms with E-state index in [2.05, 4.69) is 27.1 Å². The second-order valence-electron chi connectivity index (χ2n) is 8.50. The number of rotatable bonds is 8. The average Bonchev–Trinajstić information content (AvgIpc) is 3.40. The summed E-state index contributed by atoms with van der Waals surface area (Å²) in [6.07, 6.45) is 7.76. The maximum absolute atomic E-state index is 14.8. The topological polar surface area (TPSA) is 74.1 Å². The monoisotopic (exact) mass is 479 g/mol. The fourth-order valence-electron chi connectivity index (χ4n) is 3.70. The molecule has 0 atom stereocenters. The van der Waals surface area contributed by atoms with Crippen LogP contribution in [0.3, 0.4) is 0 Å². The van der Waals surface area contributed by atoms with Crippen LogP contribution in [0.1, 0.15) is 31.2 Å². The molecule has 0 spiro atoms. The Morgan fingerprint density at radius 3 is 2.65 bits per heavy atom. The van der Waals surface area contributed by atoms with Gasteiger partial charge in [-0.25, -0.2) is 14.4 Å². The molecule has 9 heteroatoms. The van der Waals surface area contributed by atoms with Gasteiger partial charge in [-0.15, -0.1) is 11.8 Å². The van der Waals surface area contributed by atoms with Gasteiger partial charge >= 0.3 is 0 Å². The van der Waals surface area contributed by atoms with Gasteiger partial charge in [-0.05, 0) is 64.0 Å². The molecule has 2 heterocycles. The number of allylic oxidation sites excluding steroid dienone is 2. The lowest BCUT2D eigenvalue weighted by molar-refractivity contribution is 0.624. The molecule has 34 heavy (non-hydrogen) atoms. The smallest absolute Gasteiger partial charge is 0.153 e. The summed E-state index contributed by atoms with van der Waals surface area (Å²) in [6, 6.07) is 7.16. The van der Waals surface area contributed by atoms with Gasteiger partial charge in [-0.2, -0.15) is 5.10 Å². The third-order valence-corrected chi connectivity index (χ3v) is 6.53. The molecule has 1 aliphatic carbocycles. The Morgan fingerprint density at radius 2 is 2.09 bits per heavy atom. The number of H-pyrrole nitrogens is 1. The quantitative estimate of drug-likeness (QED) is 0.184. The third-order valence-electron chi connectivity index (χ3n) is 5.80. The lowest BCUT2D eigenvalue weighted by atomic mass is 10.1. The Kier molecular flexibility index (Phi) is 6.92. The van der Waals surface area contributed by atoms with Crippen LogP contribution >= 0.6 is 11.8 Å². The molecule has 2 aromatic heterocycles. The highest BCUT2D eigenvalue weighted by atomic mass is 32.2. The number of nitrogens with zero attached hydrogens (tertiary/aromatic N) is 5. The van der Waals surface area contributed by atoms with Crippen molar-refractivity contribution in [2.45, 2.75) is 38.5 Å². The van der Waals surface area contributed by atoms with Crippen LogP contribution < -0.4 is 10.2 Å². The second-order valence-corrected chi connectivity index (χ2v) is 9.38. The second kappa shape index (κ2) is 9.89. The Hall–Kier alpha value is -3.33. The predicted octanol–water partition coefficient (Wildman–Crippen LogP) is 5.84. The number of hydrogen-bond donors (Lipinski definition) is 2. The maximum atomic E-state index is 14.8. The van der Waals surface area contributed by atoms with Gasteiger partial charge in [0.25, 0.3) is 0 Å². The van der Waals surface area contributed by atoms with E-state index in [1.165, 1.54) is 11.8 Å². The minimum absolute atomic E-state index is 0.286. The normalized spacial score (nSPS) is 14.7. The molecule has 0 saturated heterocycles. The van der Waals surface area contributed by atoms with E-state index < -0.39 is 0 Å². The zero-order valence-corrected chi connectivity index (χ0v) is 21.0. The lowest BCUT2D eigenvalue weighted by Gasteiger charge is -2.22. The number of anilines is 2. The van der Waals surface area contributed by atoms with E-state index in [-0.39, 0.29) is 5.82 Å². The summed E-state index contributed by atoms with van der Waals surface area (Å²) in [7, 11) is 1.82. The molecular formula is C25H30FN7S. The first-order chi connectivity index (χ1) is 16.3. The molecule has 7 nitrogen and oxygen atoms in total. The number of imidazole rings is 1. The van der Waals surface area contributed by atoms with Gasteiger partial charge in [0, 0.05) is 41.2 Å². The largest absolute Gasteiger partial charge is 0.331 e. The summed E-state index contributed by atoms with van der Waals surface area (Å²) < 4.78 is 16.7. The number of hydrogen-bond acceptors (Lipinski definition) is 5. The first kappa shape index (κ1) is 23.8. The molecule has 0 aliphatic heterocycles. The Labute approximate surface area is 203 Å². The van der Waals surface area contributed by atoms with Crippen LogP contribution in [-0.4, -0.2) is 38.9 Å². The van der Waals surface area contributed by atoms with Crippen LogP contribution in [-0.2, 0) is 0 Å². The van der Waals surface area contributed by atoms with Gasteiger partial charge in [0.1, 0.15) is 17.5 Å². The number of thioether (sulfide) groups is 1. The molecule has 0 amide bonds. The highest BCUT2D eigenvalue weighted by molar-refractivity contribution is 7.98. The minimum Gasteiger partial charge on any atom is -0.331 e. The van der Waals surface area contributed by atoms with Crippen molar-refractivity contribution in [2.24, 2.45) is 10.9 Å². The first-order valence-corrected chi connectivity index (χ1v) is 12.3. The zero-order valence-electron chi connectivity index (χ0n) is 20.2. The number of aromatic nitrogens is 4. The van der Waals surface area contributed by atoms with Crippen LogP contribution in [0.4, 0.5) is 15.9 Å². The van der Waals surface area contributed by atoms with Crippen molar-refractivity contribution in [3.8, 4) is 0 Å². The highest BCUT2D eigenvalue weighted by Gasteiger charge is 2.32. The number of aromatic amines is 1. The first-order valence-electron chi connectivity index (χ1n) is 11.1. The average molecular weight is 480 g/mol. The zero-order chi connectivity index (χ0) is 24.4. The number of amidine groups is 1. The van der Waals surface area contributed by atoms with Crippen molar-refractivity contribution in [1.29, 1.82) is 0 Å². The van der Waals surface area contributed by atoms with Crippen molar-refractivity contribution in [3.05, 3.63) is 72.0 Å². The molecule has 0 bridgehead atoms. The number of nitrogens with one attached hydrogen (secondary N) is 2. The molecule has 1 saturated carbocycles. The molecule has 1 fully saturated rings. The summed E-state index contributed by atoms with van der Waals surface area (Å²) in [4.78, 5) is 11.9. The van der Waals surface area contributed by atoms with E-state index in [9.17, 15) is 4.39 Å². The van der Waals surface area contributed by atoms with Crippen molar-refractivity contribution in [2.75, 3.05) is 23.5 Å². The predicted molar refractivity (Wildman–Crippen MR) is 139 cm³/mol. The summed E-state index contributed by atoms with van der Waals surface area (Å²) in [5.41, 5.74) is 4.13. The molecule has 1 aliphatic rings. The van der Waals surface area contributed by atoms with Gasteiger partial charge in [0.05, 0.1) is 17.7 Å². The number of halogens is 1. The third kappa shape index (κ3) is 5.25. The molecule has 0 radical (unpaired) electrons. The Balaban J connectivity index is 1.77. The molecule has 0 unspecified atom stereocenters. The van der Waals surface area contributed by atoms with E-state index >= 15 is 0 Å².